The van der Waals surface area contributed by atoms with Gasteiger partial charge in [-0.05, 0) is 67.1 Å². The van der Waals surface area contributed by atoms with Crippen molar-refractivity contribution >= 4 is 33.3 Å². The van der Waals surface area contributed by atoms with Crippen LogP contribution >= 0.6 is 0 Å². The van der Waals surface area contributed by atoms with Crippen molar-refractivity contribution in [2.75, 3.05) is 10.0 Å². The van der Waals surface area contributed by atoms with E-state index >= 15 is 0 Å². The van der Waals surface area contributed by atoms with Gasteiger partial charge in [0.05, 0.1) is 4.90 Å². The van der Waals surface area contributed by atoms with Crippen LogP contribution in [0.3, 0.4) is 0 Å². The molecule has 0 unspecified atom stereocenters. The molecule has 2 aromatic carbocycles. The number of benzene rings is 2. The van der Waals surface area contributed by atoms with Crippen LogP contribution in [0.25, 0.3) is 5.69 Å². The van der Waals surface area contributed by atoms with Gasteiger partial charge in [0.2, 0.25) is 0 Å². The summed E-state index contributed by atoms with van der Waals surface area (Å²) >= 11 is 0. The molecule has 3 N–H and O–H groups in total. The lowest BCUT2D eigenvalue weighted by Crippen LogP contribution is -2.29. The van der Waals surface area contributed by atoms with Gasteiger partial charge < -0.3 is 15.0 Å². The molecule has 3 rings (SSSR count). The summed E-state index contributed by atoms with van der Waals surface area (Å²) in [4.78, 5) is 22.0. The zero-order valence-corrected chi connectivity index (χ0v) is 17.2. The number of aromatic nitrogens is 1. The third-order valence-electron chi connectivity index (χ3n) is 4.36. The highest BCUT2D eigenvalue weighted by Crippen LogP contribution is 2.24. The number of alkyl halides is 3. The zero-order valence-electron chi connectivity index (χ0n) is 16.3. The molecule has 8 nitrogen and oxygen atoms in total. The Morgan fingerprint density at radius 3 is 2.19 bits per heavy atom. The first kappa shape index (κ1) is 22.9. The Kier molecular flexibility index (Phi) is 5.99. The predicted molar refractivity (Wildman–Crippen MR) is 109 cm³/mol. The van der Waals surface area contributed by atoms with E-state index in [1.54, 1.807) is 30.6 Å². The first-order valence-corrected chi connectivity index (χ1v) is 10.4. The molecule has 0 saturated heterocycles. The van der Waals surface area contributed by atoms with Crippen molar-refractivity contribution in [2.24, 2.45) is 0 Å². The van der Waals surface area contributed by atoms with Gasteiger partial charge in [-0.2, -0.15) is 13.2 Å². The highest BCUT2D eigenvalue weighted by atomic mass is 32.2. The molecule has 12 heteroatoms. The number of halogens is 3. The van der Waals surface area contributed by atoms with Gasteiger partial charge in [-0.1, -0.05) is 0 Å². The van der Waals surface area contributed by atoms with Gasteiger partial charge in [-0.3, -0.25) is 9.52 Å². The van der Waals surface area contributed by atoms with Crippen LogP contribution in [-0.4, -0.2) is 36.1 Å². The molecular weight excluding hydrogens is 451 g/mol. The summed E-state index contributed by atoms with van der Waals surface area (Å²) in [5.74, 6) is -3.29. The number of amides is 1. The van der Waals surface area contributed by atoms with Crippen LogP contribution in [0.1, 0.15) is 16.1 Å². The van der Waals surface area contributed by atoms with E-state index in [1.807, 2.05) is 0 Å². The lowest BCUT2D eigenvalue weighted by Gasteiger charge is -2.14. The maximum Gasteiger partial charge on any atom is 0.471 e. The summed E-state index contributed by atoms with van der Waals surface area (Å²) in [6.07, 6.45) is -3.50. The molecule has 0 saturated carbocycles. The van der Waals surface area contributed by atoms with Gasteiger partial charge >= 0.3 is 18.1 Å². The minimum Gasteiger partial charge on any atom is -0.477 e. The summed E-state index contributed by atoms with van der Waals surface area (Å²) in [6, 6.07) is 11.7. The van der Waals surface area contributed by atoms with Crippen molar-refractivity contribution in [1.29, 1.82) is 0 Å². The van der Waals surface area contributed by atoms with E-state index in [0.717, 1.165) is 24.3 Å². The first-order chi connectivity index (χ1) is 14.9. The lowest BCUT2D eigenvalue weighted by atomic mass is 10.1. The van der Waals surface area contributed by atoms with Crippen LogP contribution < -0.4 is 10.0 Å². The largest absolute Gasteiger partial charge is 0.477 e. The number of carboxylic acids is 1. The average molecular weight is 467 g/mol. The number of rotatable bonds is 6. The van der Waals surface area contributed by atoms with Crippen LogP contribution in [0.2, 0.25) is 0 Å². The standard InChI is InChI=1S/C20H16F3N3O5S/c1-12-11-14(6-9-16(12)26-10-2-3-17(26)18(27)28)25-32(30,31)15-7-4-13(5-8-15)24-19(29)20(21,22)23/h2-11,25H,1H3,(H,24,29)(H,27,28). The smallest absolute Gasteiger partial charge is 0.471 e. The van der Waals surface area contributed by atoms with Crippen LogP contribution in [-0.2, 0) is 14.8 Å². The second-order valence-corrected chi connectivity index (χ2v) is 8.33. The van der Waals surface area contributed by atoms with Crippen molar-refractivity contribution in [2.45, 2.75) is 18.0 Å². The lowest BCUT2D eigenvalue weighted by molar-refractivity contribution is -0.167. The molecule has 0 spiro atoms. The van der Waals surface area contributed by atoms with Crippen LogP contribution in [0.5, 0.6) is 0 Å². The molecule has 32 heavy (non-hydrogen) atoms. The molecule has 0 aliphatic rings. The molecule has 1 aromatic heterocycles. The molecule has 0 aliphatic carbocycles. The van der Waals surface area contributed by atoms with Crippen LogP contribution in [0, 0.1) is 6.92 Å². The van der Waals surface area contributed by atoms with E-state index in [1.165, 1.54) is 22.8 Å². The predicted octanol–water partition coefficient (Wildman–Crippen LogP) is 3.79. The third-order valence-corrected chi connectivity index (χ3v) is 5.75. The fraction of sp³-hybridized carbons (Fsp3) is 0.100. The SMILES string of the molecule is Cc1cc(NS(=O)(=O)c2ccc(NC(=O)C(F)(F)F)cc2)ccc1-n1cccc1C(=O)O. The number of hydrogen-bond acceptors (Lipinski definition) is 4. The van der Waals surface area contributed by atoms with Crippen molar-refractivity contribution in [3.05, 3.63) is 72.1 Å². The average Bonchev–Trinajstić information content (AvgIpc) is 3.17. The normalized spacial score (nSPS) is 11.8. The van der Waals surface area contributed by atoms with E-state index < -0.39 is 28.1 Å². The number of nitrogens with one attached hydrogen (secondary N) is 2. The molecule has 1 amide bonds. The number of aromatic carboxylic acids is 1. The Bertz CT molecular complexity index is 1280. The van der Waals surface area contributed by atoms with E-state index in [2.05, 4.69) is 4.72 Å². The van der Waals surface area contributed by atoms with Crippen molar-refractivity contribution in [1.82, 2.24) is 4.57 Å². The monoisotopic (exact) mass is 467 g/mol. The number of nitrogens with zero attached hydrogens (tertiary/aromatic N) is 1. The van der Waals surface area contributed by atoms with Crippen molar-refractivity contribution in [3.63, 3.8) is 0 Å². The molecular formula is C20H16F3N3O5S. The van der Waals surface area contributed by atoms with E-state index in [-0.39, 0.29) is 22.0 Å². The fourth-order valence-corrected chi connectivity index (χ4v) is 3.94. The summed E-state index contributed by atoms with van der Waals surface area (Å²) in [6.45, 7) is 1.68. The highest BCUT2D eigenvalue weighted by molar-refractivity contribution is 7.92. The topological polar surface area (TPSA) is 118 Å². The molecule has 3 aromatic rings. The Balaban J connectivity index is 1.79. The Morgan fingerprint density at radius 1 is 1.00 bits per heavy atom. The van der Waals surface area contributed by atoms with E-state index in [0.29, 0.717) is 11.3 Å². The zero-order chi connectivity index (χ0) is 23.7. The minimum atomic E-state index is -5.07. The van der Waals surface area contributed by atoms with Gasteiger partial charge in [-0.15, -0.1) is 0 Å². The van der Waals surface area contributed by atoms with Crippen molar-refractivity contribution in [3.8, 4) is 5.69 Å². The first-order valence-electron chi connectivity index (χ1n) is 8.91. The quantitative estimate of drug-likeness (QED) is 0.510. The molecule has 0 radical (unpaired) electrons. The van der Waals surface area contributed by atoms with Gasteiger partial charge in [-0.25, -0.2) is 13.2 Å². The number of aryl methyl sites for hydroxylation is 1. The Labute approximate surface area is 180 Å². The molecule has 0 aliphatic heterocycles. The summed E-state index contributed by atoms with van der Waals surface area (Å²) in [5.41, 5.74) is 1.16. The molecule has 0 atom stereocenters. The minimum absolute atomic E-state index is 0.0409. The number of sulfonamides is 1. The number of carboxylic acid groups (broad SMARTS) is 1. The summed E-state index contributed by atoms with van der Waals surface area (Å²) in [7, 11) is -4.08. The summed E-state index contributed by atoms with van der Waals surface area (Å²) in [5, 5.41) is 10.9. The second kappa shape index (κ2) is 8.38. The van der Waals surface area contributed by atoms with Gasteiger partial charge in [0, 0.05) is 23.3 Å². The van der Waals surface area contributed by atoms with Crippen LogP contribution in [0.15, 0.2) is 65.7 Å². The van der Waals surface area contributed by atoms with Gasteiger partial charge in [0.1, 0.15) is 5.69 Å². The van der Waals surface area contributed by atoms with Crippen molar-refractivity contribution < 1.29 is 36.3 Å². The van der Waals surface area contributed by atoms with E-state index in [4.69, 9.17) is 0 Å². The number of anilines is 2. The second-order valence-electron chi connectivity index (χ2n) is 6.65. The maximum absolute atomic E-state index is 12.6. The molecule has 0 fully saturated rings. The molecule has 1 heterocycles. The fourth-order valence-electron chi connectivity index (χ4n) is 2.89. The number of carbonyl (C=O) groups is 2. The maximum atomic E-state index is 12.6. The van der Waals surface area contributed by atoms with Gasteiger partial charge in [0.25, 0.3) is 10.0 Å². The van der Waals surface area contributed by atoms with E-state index in [9.17, 15) is 36.3 Å². The Morgan fingerprint density at radius 2 is 1.62 bits per heavy atom. The highest BCUT2D eigenvalue weighted by Gasteiger charge is 2.38. The van der Waals surface area contributed by atoms with Gasteiger partial charge in [0.15, 0.2) is 0 Å². The third kappa shape index (κ3) is 4.91. The number of hydrogen-bond donors (Lipinski definition) is 3. The number of carbonyl (C=O) groups excluding carboxylic acids is 1. The molecule has 168 valence electrons. The Hall–Kier alpha value is -3.80. The molecule has 0 bridgehead atoms. The summed E-state index contributed by atoms with van der Waals surface area (Å²) < 4.78 is 65.9. The van der Waals surface area contributed by atoms with Crippen LogP contribution in [0.4, 0.5) is 24.5 Å².